The molecule has 0 saturated carbocycles. The van der Waals surface area contributed by atoms with Crippen LogP contribution in [0.2, 0.25) is 0 Å². The molecule has 0 radical (unpaired) electrons. The van der Waals surface area contributed by atoms with Gasteiger partial charge in [-0.25, -0.2) is 0 Å². The molecule has 1 aromatic carbocycles. The van der Waals surface area contributed by atoms with Crippen LogP contribution in [0.1, 0.15) is 12.8 Å². The van der Waals surface area contributed by atoms with Crippen molar-refractivity contribution in [2.75, 3.05) is 30.3 Å². The summed E-state index contributed by atoms with van der Waals surface area (Å²) in [5, 5.41) is 1.10. The number of pyridine rings is 1. The van der Waals surface area contributed by atoms with Crippen LogP contribution in [0.4, 0.5) is 11.4 Å². The summed E-state index contributed by atoms with van der Waals surface area (Å²) in [7, 11) is 0. The van der Waals surface area contributed by atoms with E-state index in [1.54, 1.807) is 0 Å². The van der Waals surface area contributed by atoms with E-state index in [0.29, 0.717) is 5.92 Å². The van der Waals surface area contributed by atoms with Gasteiger partial charge >= 0.3 is 0 Å². The first-order valence-corrected chi connectivity index (χ1v) is 6.87. The van der Waals surface area contributed by atoms with E-state index in [1.807, 2.05) is 24.4 Å². The number of rotatable bonds is 2. The highest BCUT2D eigenvalue weighted by molar-refractivity contribution is 5.89. The minimum absolute atomic E-state index is 0. The van der Waals surface area contributed by atoms with Crippen LogP contribution >= 0.6 is 12.4 Å². The average Bonchev–Trinajstić information content (AvgIpc) is 2.47. The van der Waals surface area contributed by atoms with Gasteiger partial charge < -0.3 is 16.4 Å². The lowest BCUT2D eigenvalue weighted by Gasteiger charge is -2.33. The Kier molecular flexibility index (Phi) is 4.68. The van der Waals surface area contributed by atoms with Gasteiger partial charge in [0.2, 0.25) is 0 Å². The summed E-state index contributed by atoms with van der Waals surface area (Å²) in [5.74, 6) is 0.663. The Morgan fingerprint density at radius 1 is 1.25 bits per heavy atom. The topological polar surface area (TPSA) is 68.2 Å². The maximum atomic E-state index is 6.19. The van der Waals surface area contributed by atoms with Crippen LogP contribution in [-0.4, -0.2) is 24.6 Å². The second-order valence-electron chi connectivity index (χ2n) is 5.27. The number of piperidine rings is 1. The third-order valence-corrected chi connectivity index (χ3v) is 4.04. The predicted molar refractivity (Wildman–Crippen MR) is 87.4 cm³/mol. The lowest BCUT2D eigenvalue weighted by Crippen LogP contribution is -2.36. The summed E-state index contributed by atoms with van der Waals surface area (Å²) in [6, 6.07) is 8.11. The van der Waals surface area contributed by atoms with Crippen LogP contribution in [0.25, 0.3) is 10.9 Å². The van der Waals surface area contributed by atoms with E-state index in [2.05, 4.69) is 16.0 Å². The molecule has 0 aliphatic carbocycles. The second-order valence-corrected chi connectivity index (χ2v) is 5.27. The zero-order valence-corrected chi connectivity index (χ0v) is 12.3. The largest absolute Gasteiger partial charge is 0.397 e. The molecule has 1 aliphatic rings. The Hall–Kier alpha value is -1.52. The van der Waals surface area contributed by atoms with E-state index in [9.17, 15) is 0 Å². The minimum atomic E-state index is 0. The molecular formula is C15H21ClN4. The van der Waals surface area contributed by atoms with Gasteiger partial charge in [0.1, 0.15) is 0 Å². The Balaban J connectivity index is 0.00000147. The molecule has 4 nitrogen and oxygen atoms in total. The summed E-state index contributed by atoms with van der Waals surface area (Å²) < 4.78 is 0. The van der Waals surface area contributed by atoms with Gasteiger partial charge in [0.15, 0.2) is 0 Å². The number of hydrogen-bond donors (Lipinski definition) is 2. The van der Waals surface area contributed by atoms with Gasteiger partial charge in [-0.2, -0.15) is 0 Å². The number of nitrogens with zero attached hydrogens (tertiary/aromatic N) is 2. The van der Waals surface area contributed by atoms with E-state index in [-0.39, 0.29) is 12.4 Å². The average molecular weight is 293 g/mol. The number of benzene rings is 1. The van der Waals surface area contributed by atoms with Gasteiger partial charge in [-0.15, -0.1) is 12.4 Å². The van der Waals surface area contributed by atoms with Crippen molar-refractivity contribution in [2.45, 2.75) is 12.8 Å². The molecule has 1 fully saturated rings. The van der Waals surface area contributed by atoms with E-state index in [4.69, 9.17) is 11.5 Å². The predicted octanol–water partition coefficient (Wildman–Crippen LogP) is 2.41. The summed E-state index contributed by atoms with van der Waals surface area (Å²) in [4.78, 5) is 6.76. The molecule has 20 heavy (non-hydrogen) atoms. The van der Waals surface area contributed by atoms with Crippen LogP contribution in [0.15, 0.2) is 30.5 Å². The fourth-order valence-electron chi connectivity index (χ4n) is 2.81. The smallest absolute Gasteiger partial charge is 0.0724 e. The molecule has 0 unspecified atom stereocenters. The molecule has 3 rings (SSSR count). The zero-order valence-electron chi connectivity index (χ0n) is 11.5. The van der Waals surface area contributed by atoms with Gasteiger partial charge in [-0.05, 0) is 43.5 Å². The highest BCUT2D eigenvalue weighted by Gasteiger charge is 2.20. The fourth-order valence-corrected chi connectivity index (χ4v) is 2.81. The maximum Gasteiger partial charge on any atom is 0.0724 e. The molecule has 1 aliphatic heterocycles. The Bertz CT molecular complexity index is 579. The Morgan fingerprint density at radius 2 is 2.00 bits per heavy atom. The molecule has 0 amide bonds. The van der Waals surface area contributed by atoms with E-state index in [1.165, 1.54) is 0 Å². The number of halogens is 1. The molecule has 108 valence electrons. The van der Waals surface area contributed by atoms with Crippen molar-refractivity contribution in [1.29, 1.82) is 0 Å². The van der Waals surface area contributed by atoms with Crippen molar-refractivity contribution < 1.29 is 0 Å². The van der Waals surface area contributed by atoms with Crippen LogP contribution in [0.5, 0.6) is 0 Å². The van der Waals surface area contributed by atoms with Crippen molar-refractivity contribution in [3.63, 3.8) is 0 Å². The van der Waals surface area contributed by atoms with Crippen molar-refractivity contribution in [3.05, 3.63) is 30.5 Å². The van der Waals surface area contributed by atoms with Crippen molar-refractivity contribution in [1.82, 2.24) is 4.98 Å². The van der Waals surface area contributed by atoms with Crippen molar-refractivity contribution >= 4 is 34.7 Å². The van der Waals surface area contributed by atoms with Gasteiger partial charge in [-0.3, -0.25) is 4.98 Å². The molecule has 0 spiro atoms. The lowest BCUT2D eigenvalue weighted by atomic mass is 9.96. The van der Waals surface area contributed by atoms with E-state index < -0.39 is 0 Å². The number of fused-ring (bicyclic) bond motifs is 1. The maximum absolute atomic E-state index is 6.19. The normalized spacial score (nSPS) is 16.1. The van der Waals surface area contributed by atoms with Crippen molar-refractivity contribution in [2.24, 2.45) is 11.7 Å². The van der Waals surface area contributed by atoms with E-state index in [0.717, 1.165) is 54.8 Å². The zero-order chi connectivity index (χ0) is 13.2. The van der Waals surface area contributed by atoms with Crippen LogP contribution < -0.4 is 16.4 Å². The first kappa shape index (κ1) is 14.9. The Morgan fingerprint density at radius 3 is 2.70 bits per heavy atom. The number of hydrogen-bond acceptors (Lipinski definition) is 4. The van der Waals surface area contributed by atoms with Gasteiger partial charge in [-0.1, -0.05) is 6.07 Å². The number of nitrogens with two attached hydrogens (primary N) is 2. The summed E-state index contributed by atoms with van der Waals surface area (Å²) in [6.45, 7) is 2.86. The number of nitrogen functional groups attached to an aromatic ring is 1. The summed E-state index contributed by atoms with van der Waals surface area (Å²) >= 11 is 0. The van der Waals surface area contributed by atoms with Crippen LogP contribution in [-0.2, 0) is 0 Å². The summed E-state index contributed by atoms with van der Waals surface area (Å²) in [6.07, 6.45) is 4.12. The lowest BCUT2D eigenvalue weighted by molar-refractivity contribution is 0.415. The third kappa shape index (κ3) is 2.81. The fraction of sp³-hybridized carbons (Fsp3) is 0.400. The van der Waals surface area contributed by atoms with Gasteiger partial charge in [0.25, 0.3) is 0 Å². The second kappa shape index (κ2) is 6.29. The molecule has 1 aromatic heterocycles. The molecule has 2 aromatic rings. The Labute approximate surface area is 125 Å². The quantitative estimate of drug-likeness (QED) is 0.834. The molecule has 1 saturated heterocycles. The molecule has 2 heterocycles. The molecular weight excluding hydrogens is 272 g/mol. The van der Waals surface area contributed by atoms with Crippen LogP contribution in [0.3, 0.4) is 0 Å². The molecule has 0 bridgehead atoms. The molecule has 4 N–H and O–H groups in total. The van der Waals surface area contributed by atoms with Crippen LogP contribution in [0, 0.1) is 5.92 Å². The number of anilines is 2. The van der Waals surface area contributed by atoms with E-state index >= 15 is 0 Å². The van der Waals surface area contributed by atoms with Gasteiger partial charge in [0.05, 0.1) is 16.9 Å². The number of aromatic nitrogens is 1. The van der Waals surface area contributed by atoms with Crippen molar-refractivity contribution in [3.8, 4) is 0 Å². The van der Waals surface area contributed by atoms with Gasteiger partial charge in [0, 0.05) is 24.7 Å². The first-order chi connectivity index (χ1) is 9.28. The molecule has 0 atom stereocenters. The highest BCUT2D eigenvalue weighted by Crippen LogP contribution is 2.31. The third-order valence-electron chi connectivity index (χ3n) is 4.04. The summed E-state index contributed by atoms with van der Waals surface area (Å²) in [5.41, 5.74) is 14.9. The molecule has 5 heteroatoms. The SMILES string of the molecule is Cl.NCC1CCN(c2cc3ncccc3cc2N)CC1. The monoisotopic (exact) mass is 292 g/mol. The first-order valence-electron chi connectivity index (χ1n) is 6.87. The minimum Gasteiger partial charge on any atom is -0.397 e. The highest BCUT2D eigenvalue weighted by atomic mass is 35.5. The standard InChI is InChI=1S/C15H20N4.ClH/c16-10-11-3-6-19(7-4-11)15-9-14-12(8-13(15)17)2-1-5-18-14;/h1-2,5,8-9,11H,3-4,6-7,10,16-17H2;1H.